The van der Waals surface area contributed by atoms with Gasteiger partial charge in [0.25, 0.3) is 0 Å². The summed E-state index contributed by atoms with van der Waals surface area (Å²) in [6, 6.07) is 5.44. The summed E-state index contributed by atoms with van der Waals surface area (Å²) in [5.41, 5.74) is 0.928. The highest BCUT2D eigenvalue weighted by Gasteiger charge is 2.18. The molecule has 2 aromatic heterocycles. The van der Waals surface area contributed by atoms with Crippen molar-refractivity contribution in [3.63, 3.8) is 0 Å². The first-order valence-corrected chi connectivity index (χ1v) is 10.8. The Bertz CT molecular complexity index is 737. The summed E-state index contributed by atoms with van der Waals surface area (Å²) < 4.78 is 27.3. The zero-order valence-electron chi connectivity index (χ0n) is 13.6. The van der Waals surface area contributed by atoms with Crippen molar-refractivity contribution in [1.29, 1.82) is 0 Å². The molecule has 0 saturated carbocycles. The molecule has 0 bridgehead atoms. The van der Waals surface area contributed by atoms with Gasteiger partial charge >= 0.3 is 0 Å². The van der Waals surface area contributed by atoms with Gasteiger partial charge in [-0.1, -0.05) is 25.3 Å². The van der Waals surface area contributed by atoms with Gasteiger partial charge in [0, 0.05) is 36.8 Å². The van der Waals surface area contributed by atoms with E-state index in [1.54, 1.807) is 23.0 Å². The van der Waals surface area contributed by atoms with Crippen LogP contribution in [0.1, 0.15) is 37.7 Å². The van der Waals surface area contributed by atoms with Crippen LogP contribution in [0.4, 0.5) is 5.82 Å². The predicted molar refractivity (Wildman–Crippen MR) is 97.9 cm³/mol. The average molecular weight is 366 g/mol. The van der Waals surface area contributed by atoms with Gasteiger partial charge in [-0.15, -0.1) is 0 Å². The third kappa shape index (κ3) is 4.34. The van der Waals surface area contributed by atoms with Gasteiger partial charge in [-0.2, -0.15) is 11.3 Å². The molecule has 1 N–H and O–H groups in total. The molecule has 130 valence electrons. The first kappa shape index (κ1) is 17.4. The van der Waals surface area contributed by atoms with Crippen LogP contribution in [0.2, 0.25) is 0 Å². The number of nitrogens with zero attached hydrogens (tertiary/aromatic N) is 2. The Morgan fingerprint density at radius 1 is 1.12 bits per heavy atom. The number of hydrogen-bond donors (Lipinski definition) is 1. The number of thiophene rings is 1. The Hall–Kier alpha value is -1.44. The second kappa shape index (κ2) is 8.09. The number of hydrogen-bond acceptors (Lipinski definition) is 5. The molecule has 3 heterocycles. The molecule has 0 aliphatic carbocycles. The minimum absolute atomic E-state index is 0.262. The molecule has 0 amide bonds. The molecular weight excluding hydrogens is 342 g/mol. The van der Waals surface area contributed by atoms with E-state index in [1.807, 2.05) is 12.1 Å². The third-order valence-electron chi connectivity index (χ3n) is 4.28. The van der Waals surface area contributed by atoms with Crippen molar-refractivity contribution in [2.24, 2.45) is 0 Å². The summed E-state index contributed by atoms with van der Waals surface area (Å²) in [5, 5.41) is 3.41. The minimum Gasteiger partial charge on any atom is -0.356 e. The van der Waals surface area contributed by atoms with E-state index in [0.717, 1.165) is 37.3 Å². The van der Waals surface area contributed by atoms with Crippen LogP contribution in [0.3, 0.4) is 0 Å². The normalized spacial score (nSPS) is 16.6. The van der Waals surface area contributed by atoms with Gasteiger partial charge in [0.05, 0.1) is 4.90 Å². The van der Waals surface area contributed by atoms with Gasteiger partial charge in [-0.25, -0.2) is 18.1 Å². The number of aromatic nitrogens is 1. The van der Waals surface area contributed by atoms with Crippen molar-refractivity contribution in [3.8, 4) is 0 Å². The molecule has 5 nitrogen and oxygen atoms in total. The molecular formula is C17H23N3O2S2. The number of anilines is 1. The largest absolute Gasteiger partial charge is 0.356 e. The van der Waals surface area contributed by atoms with Crippen LogP contribution >= 0.6 is 11.3 Å². The van der Waals surface area contributed by atoms with Crippen LogP contribution in [0.5, 0.6) is 0 Å². The number of pyridine rings is 1. The van der Waals surface area contributed by atoms with Crippen molar-refractivity contribution in [1.82, 2.24) is 9.71 Å². The molecule has 0 unspecified atom stereocenters. The van der Waals surface area contributed by atoms with Crippen molar-refractivity contribution < 1.29 is 8.42 Å². The molecule has 0 radical (unpaired) electrons. The van der Waals surface area contributed by atoms with Crippen LogP contribution < -0.4 is 9.62 Å². The van der Waals surface area contributed by atoms with E-state index in [-0.39, 0.29) is 6.54 Å². The Morgan fingerprint density at radius 2 is 1.88 bits per heavy atom. The molecule has 7 heteroatoms. The summed E-state index contributed by atoms with van der Waals surface area (Å²) in [7, 11) is -3.46. The SMILES string of the molecule is O=S(=O)(NCc1cccnc1N1CCCCCCC1)c1ccsc1. The van der Waals surface area contributed by atoms with Gasteiger partial charge in [-0.05, 0) is 30.4 Å². The molecule has 0 spiro atoms. The van der Waals surface area contributed by atoms with E-state index in [4.69, 9.17) is 0 Å². The summed E-state index contributed by atoms with van der Waals surface area (Å²) in [6.07, 6.45) is 7.93. The predicted octanol–water partition coefficient (Wildman–Crippen LogP) is 3.39. The zero-order valence-corrected chi connectivity index (χ0v) is 15.3. The molecule has 0 atom stereocenters. The standard InChI is InChI=1S/C17H23N3O2S2/c21-24(22,16-8-12-23-14-16)19-13-15-7-6-9-18-17(15)20-10-4-2-1-3-5-11-20/h6-9,12,14,19H,1-5,10-11,13H2. The van der Waals surface area contributed by atoms with Gasteiger partial charge in [0.15, 0.2) is 0 Å². The maximum atomic E-state index is 12.3. The Morgan fingerprint density at radius 3 is 2.58 bits per heavy atom. The lowest BCUT2D eigenvalue weighted by Crippen LogP contribution is -2.30. The maximum Gasteiger partial charge on any atom is 0.241 e. The van der Waals surface area contributed by atoms with E-state index in [9.17, 15) is 8.42 Å². The number of nitrogens with one attached hydrogen (secondary N) is 1. The second-order valence-electron chi connectivity index (χ2n) is 6.02. The van der Waals surface area contributed by atoms with Gasteiger partial charge in [0.2, 0.25) is 10.0 Å². The highest BCUT2D eigenvalue weighted by Crippen LogP contribution is 2.22. The lowest BCUT2D eigenvalue weighted by Gasteiger charge is -2.27. The summed E-state index contributed by atoms with van der Waals surface area (Å²) in [4.78, 5) is 7.15. The molecule has 0 aromatic carbocycles. The van der Waals surface area contributed by atoms with Crippen molar-refractivity contribution in [3.05, 3.63) is 40.7 Å². The van der Waals surface area contributed by atoms with Gasteiger partial charge in [0.1, 0.15) is 5.82 Å². The van der Waals surface area contributed by atoms with E-state index >= 15 is 0 Å². The van der Waals surface area contributed by atoms with Crippen molar-refractivity contribution >= 4 is 27.2 Å². The fourth-order valence-electron chi connectivity index (χ4n) is 2.97. The Balaban J connectivity index is 1.74. The molecule has 2 aromatic rings. The minimum atomic E-state index is -3.46. The Kier molecular flexibility index (Phi) is 5.86. The van der Waals surface area contributed by atoms with Gasteiger partial charge < -0.3 is 4.90 Å². The molecule has 1 aliphatic rings. The summed E-state index contributed by atoms with van der Waals surface area (Å²) in [5.74, 6) is 0.910. The lowest BCUT2D eigenvalue weighted by atomic mass is 10.1. The lowest BCUT2D eigenvalue weighted by molar-refractivity contribution is 0.552. The fraction of sp³-hybridized carbons (Fsp3) is 0.471. The molecule has 1 saturated heterocycles. The second-order valence-corrected chi connectivity index (χ2v) is 8.57. The number of sulfonamides is 1. The van der Waals surface area contributed by atoms with Crippen LogP contribution in [0, 0.1) is 0 Å². The molecule has 1 aliphatic heterocycles. The quantitative estimate of drug-likeness (QED) is 0.882. The number of rotatable bonds is 5. The van der Waals surface area contributed by atoms with Crippen LogP contribution in [0.15, 0.2) is 40.1 Å². The zero-order chi connectivity index (χ0) is 16.8. The highest BCUT2D eigenvalue weighted by atomic mass is 32.2. The highest BCUT2D eigenvalue weighted by molar-refractivity contribution is 7.89. The van der Waals surface area contributed by atoms with Gasteiger partial charge in [-0.3, -0.25) is 0 Å². The third-order valence-corrected chi connectivity index (χ3v) is 6.51. The summed E-state index contributed by atoms with van der Waals surface area (Å²) in [6.45, 7) is 2.24. The van der Waals surface area contributed by atoms with Crippen molar-refractivity contribution in [2.45, 2.75) is 43.5 Å². The van der Waals surface area contributed by atoms with E-state index < -0.39 is 10.0 Å². The fourth-order valence-corrected chi connectivity index (χ4v) is 5.01. The van der Waals surface area contributed by atoms with Crippen molar-refractivity contribution in [2.75, 3.05) is 18.0 Å². The van der Waals surface area contributed by atoms with E-state index in [0.29, 0.717) is 4.90 Å². The van der Waals surface area contributed by atoms with Crippen LogP contribution in [0.25, 0.3) is 0 Å². The van der Waals surface area contributed by atoms with E-state index in [1.165, 1.54) is 30.6 Å². The molecule has 3 rings (SSSR count). The molecule has 24 heavy (non-hydrogen) atoms. The van der Waals surface area contributed by atoms with Crippen LogP contribution in [-0.4, -0.2) is 26.5 Å². The van der Waals surface area contributed by atoms with Crippen LogP contribution in [-0.2, 0) is 16.6 Å². The maximum absolute atomic E-state index is 12.3. The summed E-state index contributed by atoms with van der Waals surface area (Å²) >= 11 is 1.38. The smallest absolute Gasteiger partial charge is 0.241 e. The topological polar surface area (TPSA) is 62.3 Å². The molecule has 1 fully saturated rings. The average Bonchev–Trinajstić information content (AvgIpc) is 3.09. The Labute approximate surface area is 147 Å². The monoisotopic (exact) mass is 365 g/mol. The first-order chi connectivity index (χ1) is 11.7. The first-order valence-electron chi connectivity index (χ1n) is 8.37. The van der Waals surface area contributed by atoms with E-state index in [2.05, 4.69) is 14.6 Å².